The molecule has 0 bridgehead atoms. The lowest BCUT2D eigenvalue weighted by Crippen LogP contribution is -2.34. The van der Waals surface area contributed by atoms with Crippen molar-refractivity contribution in [3.8, 4) is 5.75 Å². The molecule has 0 spiro atoms. The van der Waals surface area contributed by atoms with Gasteiger partial charge in [0.1, 0.15) is 5.75 Å². The number of rotatable bonds is 7. The van der Waals surface area contributed by atoms with Crippen molar-refractivity contribution in [2.75, 3.05) is 12.4 Å². The molecule has 1 unspecified atom stereocenters. The van der Waals surface area contributed by atoms with Crippen LogP contribution in [0.25, 0.3) is 0 Å². The van der Waals surface area contributed by atoms with Crippen molar-refractivity contribution in [2.45, 2.75) is 32.6 Å². The fraction of sp³-hybridized carbons (Fsp3) is 0.333. The highest BCUT2D eigenvalue weighted by molar-refractivity contribution is 5.98. The van der Waals surface area contributed by atoms with E-state index in [2.05, 4.69) is 5.32 Å². The highest BCUT2D eigenvalue weighted by Crippen LogP contribution is 2.27. The number of ether oxygens (including phenoxy) is 1. The fourth-order valence-electron chi connectivity index (χ4n) is 2.59. The van der Waals surface area contributed by atoms with Crippen LogP contribution in [0.15, 0.2) is 48.5 Å². The van der Waals surface area contributed by atoms with Crippen LogP contribution >= 0.6 is 0 Å². The molecular formula is C21H25NO4. The first-order valence-electron chi connectivity index (χ1n) is 8.51. The Morgan fingerprint density at radius 2 is 1.65 bits per heavy atom. The first kappa shape index (κ1) is 19.5. The maximum atomic E-state index is 12.7. The lowest BCUT2D eigenvalue weighted by molar-refractivity contribution is -0.141. The zero-order valence-corrected chi connectivity index (χ0v) is 15.6. The molecular weight excluding hydrogens is 330 g/mol. The second kappa shape index (κ2) is 8.04. The smallest absolute Gasteiger partial charge is 0.306 e. The molecule has 0 saturated heterocycles. The first-order chi connectivity index (χ1) is 12.2. The van der Waals surface area contributed by atoms with Crippen molar-refractivity contribution in [1.29, 1.82) is 0 Å². The zero-order valence-electron chi connectivity index (χ0n) is 15.6. The molecule has 0 radical (unpaired) electrons. The van der Waals surface area contributed by atoms with Gasteiger partial charge in [0.2, 0.25) is 5.91 Å². The van der Waals surface area contributed by atoms with Crippen LogP contribution in [0.5, 0.6) is 5.75 Å². The predicted octanol–water partition coefficient (Wildman–Crippen LogP) is 3.87. The number of aliphatic carboxylic acids is 1. The third-order valence-corrected chi connectivity index (χ3v) is 4.55. The number of carboxylic acids is 1. The number of carbonyl (C=O) groups is 2. The maximum Gasteiger partial charge on any atom is 0.306 e. The highest BCUT2D eigenvalue weighted by atomic mass is 16.5. The van der Waals surface area contributed by atoms with Crippen LogP contribution in [0.1, 0.15) is 31.9 Å². The molecule has 0 aliphatic carbocycles. The van der Waals surface area contributed by atoms with Crippen LogP contribution in [0.4, 0.5) is 5.69 Å². The number of methoxy groups -OCH3 is 1. The number of hydrogen-bond acceptors (Lipinski definition) is 3. The van der Waals surface area contributed by atoms with Gasteiger partial charge in [-0.3, -0.25) is 9.59 Å². The van der Waals surface area contributed by atoms with E-state index in [9.17, 15) is 9.59 Å². The first-order valence-corrected chi connectivity index (χ1v) is 8.51. The Morgan fingerprint density at radius 3 is 2.15 bits per heavy atom. The topological polar surface area (TPSA) is 75.6 Å². The monoisotopic (exact) mass is 355 g/mol. The summed E-state index contributed by atoms with van der Waals surface area (Å²) in [5.74, 6) is -0.626. The lowest BCUT2D eigenvalue weighted by Gasteiger charge is -2.24. The Labute approximate surface area is 154 Å². The van der Waals surface area contributed by atoms with Gasteiger partial charge in [-0.15, -0.1) is 0 Å². The largest absolute Gasteiger partial charge is 0.497 e. The molecule has 0 fully saturated rings. The summed E-state index contributed by atoms with van der Waals surface area (Å²) in [5, 5.41) is 11.9. The van der Waals surface area contributed by atoms with E-state index in [1.807, 2.05) is 50.2 Å². The summed E-state index contributed by atoms with van der Waals surface area (Å²) in [6.45, 7) is 5.41. The molecule has 2 aromatic carbocycles. The predicted molar refractivity (Wildman–Crippen MR) is 102 cm³/mol. The van der Waals surface area contributed by atoms with Gasteiger partial charge in [0.15, 0.2) is 0 Å². The Kier molecular flexibility index (Phi) is 6.03. The number of amides is 1. The summed E-state index contributed by atoms with van der Waals surface area (Å²) in [7, 11) is 1.60. The molecule has 1 atom stereocenters. The number of hydrogen-bond donors (Lipinski definition) is 2. The third kappa shape index (κ3) is 4.63. The number of anilines is 1. The van der Waals surface area contributed by atoms with Crippen LogP contribution < -0.4 is 10.1 Å². The Bertz CT molecular complexity index is 764. The number of nitrogens with one attached hydrogen (secondary N) is 1. The van der Waals surface area contributed by atoms with Crippen LogP contribution in [0.3, 0.4) is 0 Å². The van der Waals surface area contributed by atoms with Gasteiger partial charge in [-0.05, 0) is 55.7 Å². The zero-order chi connectivity index (χ0) is 19.3. The van der Waals surface area contributed by atoms with E-state index in [0.29, 0.717) is 12.1 Å². The summed E-state index contributed by atoms with van der Waals surface area (Å²) in [4.78, 5) is 23.7. The van der Waals surface area contributed by atoms with Gasteiger partial charge < -0.3 is 15.2 Å². The average molecular weight is 355 g/mol. The number of benzene rings is 2. The van der Waals surface area contributed by atoms with Crippen LogP contribution in [-0.2, 0) is 21.4 Å². The molecule has 1 amide bonds. The van der Waals surface area contributed by atoms with E-state index in [1.165, 1.54) is 0 Å². The average Bonchev–Trinajstić information content (AvgIpc) is 2.63. The molecule has 2 N–H and O–H groups in total. The van der Waals surface area contributed by atoms with Crippen molar-refractivity contribution in [1.82, 2.24) is 0 Å². The van der Waals surface area contributed by atoms with Gasteiger partial charge >= 0.3 is 5.97 Å². The minimum atomic E-state index is -0.816. The van der Waals surface area contributed by atoms with Crippen LogP contribution in [0.2, 0.25) is 0 Å². The van der Waals surface area contributed by atoms with Crippen LogP contribution in [0, 0.1) is 5.92 Å². The molecule has 0 heterocycles. The molecule has 0 saturated carbocycles. The normalized spacial score (nSPS) is 12.3. The minimum Gasteiger partial charge on any atom is -0.497 e. The van der Waals surface area contributed by atoms with Crippen molar-refractivity contribution in [2.24, 2.45) is 5.92 Å². The van der Waals surface area contributed by atoms with Gasteiger partial charge in [0.25, 0.3) is 0 Å². The molecule has 0 aliphatic heterocycles. The second-order valence-corrected chi connectivity index (χ2v) is 6.95. The summed E-state index contributed by atoms with van der Waals surface area (Å²) in [6, 6.07) is 14.7. The fourth-order valence-corrected chi connectivity index (χ4v) is 2.59. The number of carbonyl (C=O) groups excluding carboxylic acids is 1. The Hall–Kier alpha value is -2.82. The van der Waals surface area contributed by atoms with E-state index in [-0.39, 0.29) is 5.91 Å². The van der Waals surface area contributed by atoms with Gasteiger partial charge in [-0.25, -0.2) is 0 Å². The molecule has 26 heavy (non-hydrogen) atoms. The van der Waals surface area contributed by atoms with Gasteiger partial charge in [0.05, 0.1) is 18.4 Å². The Balaban J connectivity index is 2.06. The van der Waals surface area contributed by atoms with Crippen molar-refractivity contribution >= 4 is 17.6 Å². The quantitative estimate of drug-likeness (QED) is 0.790. The maximum absolute atomic E-state index is 12.7. The third-order valence-electron chi connectivity index (χ3n) is 4.55. The minimum absolute atomic E-state index is 0.116. The Morgan fingerprint density at radius 1 is 1.08 bits per heavy atom. The molecule has 0 aliphatic rings. The number of carboxylic acid groups (broad SMARTS) is 1. The lowest BCUT2D eigenvalue weighted by atomic mass is 9.83. The van der Waals surface area contributed by atoms with E-state index < -0.39 is 17.3 Å². The van der Waals surface area contributed by atoms with E-state index in [1.54, 1.807) is 26.2 Å². The summed E-state index contributed by atoms with van der Waals surface area (Å²) >= 11 is 0. The standard InChI is InChI=1S/C21H25NO4/c1-14(19(23)24)13-15-5-9-17(10-6-15)22-20(25)21(2,3)16-7-11-18(26-4)12-8-16/h5-12,14H,13H2,1-4H3,(H,22,25)(H,23,24). The van der Waals surface area contributed by atoms with Crippen LogP contribution in [-0.4, -0.2) is 24.1 Å². The highest BCUT2D eigenvalue weighted by Gasteiger charge is 2.29. The molecule has 138 valence electrons. The summed E-state index contributed by atoms with van der Waals surface area (Å²) in [6.07, 6.45) is 0.459. The summed E-state index contributed by atoms with van der Waals surface area (Å²) < 4.78 is 5.15. The van der Waals surface area contributed by atoms with Crippen molar-refractivity contribution in [3.63, 3.8) is 0 Å². The van der Waals surface area contributed by atoms with E-state index in [4.69, 9.17) is 9.84 Å². The summed E-state index contributed by atoms with van der Waals surface area (Å²) in [5.41, 5.74) is 1.79. The molecule has 5 heteroatoms. The van der Waals surface area contributed by atoms with Gasteiger partial charge in [-0.1, -0.05) is 31.2 Å². The van der Waals surface area contributed by atoms with Gasteiger partial charge in [0, 0.05) is 5.69 Å². The van der Waals surface area contributed by atoms with Gasteiger partial charge in [-0.2, -0.15) is 0 Å². The van der Waals surface area contributed by atoms with Crippen molar-refractivity contribution < 1.29 is 19.4 Å². The SMILES string of the molecule is COc1ccc(C(C)(C)C(=O)Nc2ccc(CC(C)C(=O)O)cc2)cc1. The van der Waals surface area contributed by atoms with E-state index >= 15 is 0 Å². The van der Waals surface area contributed by atoms with Crippen molar-refractivity contribution in [3.05, 3.63) is 59.7 Å². The molecule has 0 aromatic heterocycles. The molecule has 5 nitrogen and oxygen atoms in total. The molecule has 2 aromatic rings. The second-order valence-electron chi connectivity index (χ2n) is 6.95. The van der Waals surface area contributed by atoms with E-state index in [0.717, 1.165) is 16.9 Å². The molecule has 2 rings (SSSR count).